The number of hydrogen-bond acceptors (Lipinski definition) is 1. The van der Waals surface area contributed by atoms with E-state index in [0.29, 0.717) is 11.5 Å². The number of benzene rings is 2. The smallest absolute Gasteiger partial charge is 0.430 e. The van der Waals surface area contributed by atoms with E-state index in [9.17, 15) is 26.3 Å². The van der Waals surface area contributed by atoms with Gasteiger partial charge in [-0.05, 0) is 91.0 Å². The third kappa shape index (κ3) is 7.02. The van der Waals surface area contributed by atoms with Gasteiger partial charge in [0.15, 0.2) is 0 Å². The van der Waals surface area contributed by atoms with E-state index >= 15 is 0 Å². The number of hydrogen-bond donors (Lipinski definition) is 0. The largest absolute Gasteiger partial charge is 0.439 e. The Morgan fingerprint density at radius 3 is 1.70 bits per heavy atom. The van der Waals surface area contributed by atoms with Crippen molar-refractivity contribution in [3.05, 3.63) is 54.1 Å². The number of halogens is 6. The monoisotopic (exact) mass is 526 g/mol. The Hall–Kier alpha value is -2.18. The van der Waals surface area contributed by atoms with Crippen molar-refractivity contribution in [2.75, 3.05) is 0 Å². The van der Waals surface area contributed by atoms with Crippen LogP contribution in [-0.2, 0) is 0 Å². The lowest BCUT2D eigenvalue weighted by Crippen LogP contribution is -2.45. The van der Waals surface area contributed by atoms with Crippen LogP contribution >= 0.6 is 0 Å². The molecule has 0 saturated heterocycles. The highest BCUT2D eigenvalue weighted by molar-refractivity contribution is 5.64. The SMILES string of the molecule is CCCC1CCC(C2CCC(c3ccc(-c4ccc(OC(F)(F)C(F)C(F)(F)F)cc4)cc3)CC2)CC1. The van der Waals surface area contributed by atoms with Crippen LogP contribution in [0.2, 0.25) is 0 Å². The Morgan fingerprint density at radius 2 is 1.22 bits per heavy atom. The molecule has 1 atom stereocenters. The first-order valence-corrected chi connectivity index (χ1v) is 13.5. The lowest BCUT2D eigenvalue weighted by Gasteiger charge is -2.38. The molecule has 4 rings (SSSR count). The third-order valence-corrected chi connectivity index (χ3v) is 8.43. The summed E-state index contributed by atoms with van der Waals surface area (Å²) in [5.74, 6) is 2.70. The van der Waals surface area contributed by atoms with Crippen molar-refractivity contribution >= 4 is 0 Å². The molecule has 2 fully saturated rings. The molecule has 0 amide bonds. The summed E-state index contributed by atoms with van der Waals surface area (Å²) < 4.78 is 81.0. The van der Waals surface area contributed by atoms with Gasteiger partial charge in [0.25, 0.3) is 6.17 Å². The van der Waals surface area contributed by atoms with Crippen molar-refractivity contribution in [2.45, 2.75) is 95.5 Å². The average molecular weight is 527 g/mol. The molecule has 2 aliphatic carbocycles. The van der Waals surface area contributed by atoms with Gasteiger partial charge in [0, 0.05) is 0 Å². The van der Waals surface area contributed by atoms with Crippen molar-refractivity contribution < 1.29 is 31.1 Å². The topological polar surface area (TPSA) is 9.23 Å². The summed E-state index contributed by atoms with van der Waals surface area (Å²) in [5, 5.41) is 0. The molecular weight excluding hydrogens is 490 g/mol. The van der Waals surface area contributed by atoms with Gasteiger partial charge in [-0.15, -0.1) is 0 Å². The van der Waals surface area contributed by atoms with E-state index in [2.05, 4.69) is 23.8 Å². The summed E-state index contributed by atoms with van der Waals surface area (Å²) in [6.45, 7) is 2.28. The quantitative estimate of drug-likeness (QED) is 0.311. The van der Waals surface area contributed by atoms with Crippen LogP contribution in [0.5, 0.6) is 5.75 Å². The molecule has 0 heterocycles. The van der Waals surface area contributed by atoms with E-state index in [1.54, 1.807) is 0 Å². The van der Waals surface area contributed by atoms with Crippen molar-refractivity contribution in [2.24, 2.45) is 17.8 Å². The maximum Gasteiger partial charge on any atom is 0.439 e. The Bertz CT molecular complexity index is 969. The second kappa shape index (κ2) is 11.7. The van der Waals surface area contributed by atoms with Crippen LogP contribution in [0.25, 0.3) is 11.1 Å². The van der Waals surface area contributed by atoms with Crippen molar-refractivity contribution in [1.82, 2.24) is 0 Å². The van der Waals surface area contributed by atoms with Crippen LogP contribution in [0.4, 0.5) is 26.3 Å². The number of ether oxygens (including phenoxy) is 1. The van der Waals surface area contributed by atoms with E-state index in [0.717, 1.165) is 35.4 Å². The maximum atomic E-state index is 13.5. The second-order valence-electron chi connectivity index (χ2n) is 10.9. The van der Waals surface area contributed by atoms with E-state index in [4.69, 9.17) is 0 Å². The van der Waals surface area contributed by atoms with Gasteiger partial charge in [0.05, 0.1) is 0 Å². The predicted molar refractivity (Wildman–Crippen MR) is 133 cm³/mol. The minimum Gasteiger partial charge on any atom is -0.430 e. The van der Waals surface area contributed by atoms with Crippen molar-refractivity contribution in [3.8, 4) is 16.9 Å². The Kier molecular flexibility index (Phi) is 8.80. The molecule has 2 saturated carbocycles. The number of alkyl halides is 6. The molecule has 2 aromatic rings. The van der Waals surface area contributed by atoms with E-state index in [1.807, 2.05) is 12.1 Å². The fraction of sp³-hybridized carbons (Fsp3) is 0.600. The molecule has 0 radical (unpaired) electrons. The molecule has 2 aliphatic rings. The highest BCUT2D eigenvalue weighted by Crippen LogP contribution is 2.45. The Balaban J connectivity index is 1.29. The Morgan fingerprint density at radius 1 is 0.730 bits per heavy atom. The first-order chi connectivity index (χ1) is 17.6. The minimum absolute atomic E-state index is 0.534. The van der Waals surface area contributed by atoms with Gasteiger partial charge in [-0.25, -0.2) is 4.39 Å². The van der Waals surface area contributed by atoms with E-state index < -0.39 is 24.2 Å². The summed E-state index contributed by atoms with van der Waals surface area (Å²) in [4.78, 5) is 0. The van der Waals surface area contributed by atoms with Gasteiger partial charge in [-0.1, -0.05) is 69.0 Å². The first-order valence-electron chi connectivity index (χ1n) is 13.5. The summed E-state index contributed by atoms with van der Waals surface area (Å²) in [7, 11) is 0. The fourth-order valence-electron chi connectivity index (χ4n) is 6.34. The summed E-state index contributed by atoms with van der Waals surface area (Å²) >= 11 is 0. The fourth-order valence-corrected chi connectivity index (χ4v) is 6.34. The summed E-state index contributed by atoms with van der Waals surface area (Å²) in [6, 6.07) is 13.3. The molecule has 0 aliphatic heterocycles. The summed E-state index contributed by atoms with van der Waals surface area (Å²) in [6.07, 6.45) is -1.87. The standard InChI is InChI=1S/C30H36F6O/c1-2-3-20-4-6-21(7-5-20)22-8-10-23(11-9-22)24-12-14-25(15-13-24)26-16-18-27(19-17-26)37-30(35,36)28(31)29(32,33)34/h12-23,28H,2-11H2,1H3. The first kappa shape index (κ1) is 27.8. The van der Waals surface area contributed by atoms with E-state index in [-0.39, 0.29) is 0 Å². The van der Waals surface area contributed by atoms with Crippen LogP contribution in [0.3, 0.4) is 0 Å². The van der Waals surface area contributed by atoms with Gasteiger partial charge < -0.3 is 4.74 Å². The predicted octanol–water partition coefficient (Wildman–Crippen LogP) is 10.1. The molecule has 1 nitrogen and oxygen atoms in total. The molecule has 0 spiro atoms. The molecule has 0 bridgehead atoms. The van der Waals surface area contributed by atoms with Crippen LogP contribution in [-0.4, -0.2) is 18.5 Å². The second-order valence-corrected chi connectivity index (χ2v) is 10.9. The van der Waals surface area contributed by atoms with Crippen LogP contribution in [0.1, 0.15) is 82.6 Å². The highest BCUT2D eigenvalue weighted by atomic mass is 19.4. The van der Waals surface area contributed by atoms with E-state index in [1.165, 1.54) is 81.9 Å². The molecule has 7 heteroatoms. The molecule has 0 aromatic heterocycles. The van der Waals surface area contributed by atoms with Gasteiger partial charge in [0.1, 0.15) is 5.75 Å². The zero-order valence-corrected chi connectivity index (χ0v) is 21.3. The summed E-state index contributed by atoms with van der Waals surface area (Å²) in [5.41, 5.74) is 2.87. The minimum atomic E-state index is -5.71. The molecule has 1 unspecified atom stereocenters. The zero-order valence-electron chi connectivity index (χ0n) is 21.3. The maximum absolute atomic E-state index is 13.5. The number of rotatable bonds is 8. The molecule has 0 N–H and O–H groups in total. The van der Waals surface area contributed by atoms with Gasteiger partial charge in [-0.2, -0.15) is 22.0 Å². The normalized spacial score (nSPS) is 26.0. The molecule has 204 valence electrons. The van der Waals surface area contributed by atoms with Gasteiger partial charge in [0.2, 0.25) is 0 Å². The molecular formula is C30H36F6O. The van der Waals surface area contributed by atoms with Crippen LogP contribution < -0.4 is 4.74 Å². The highest BCUT2D eigenvalue weighted by Gasteiger charge is 2.59. The molecule has 2 aromatic carbocycles. The molecule has 37 heavy (non-hydrogen) atoms. The van der Waals surface area contributed by atoms with Crippen molar-refractivity contribution in [1.29, 1.82) is 0 Å². The Labute approximate surface area is 215 Å². The van der Waals surface area contributed by atoms with Crippen LogP contribution in [0, 0.1) is 17.8 Å². The van der Waals surface area contributed by atoms with Gasteiger partial charge >= 0.3 is 12.3 Å². The lowest BCUT2D eigenvalue weighted by atomic mass is 9.68. The lowest BCUT2D eigenvalue weighted by molar-refractivity contribution is -0.304. The third-order valence-electron chi connectivity index (χ3n) is 8.43. The van der Waals surface area contributed by atoms with Crippen molar-refractivity contribution in [3.63, 3.8) is 0 Å². The van der Waals surface area contributed by atoms with Crippen LogP contribution in [0.15, 0.2) is 48.5 Å². The average Bonchev–Trinajstić information content (AvgIpc) is 2.89. The zero-order chi connectivity index (χ0) is 26.6. The van der Waals surface area contributed by atoms with Gasteiger partial charge in [-0.3, -0.25) is 0 Å².